The zero-order valence-electron chi connectivity index (χ0n) is 9.06. The van der Waals surface area contributed by atoms with E-state index in [1.165, 1.54) is 0 Å². The molecule has 1 aromatic carbocycles. The predicted octanol–water partition coefficient (Wildman–Crippen LogP) is 2.37. The normalized spacial score (nSPS) is 19.1. The van der Waals surface area contributed by atoms with Gasteiger partial charge in [0, 0.05) is 11.0 Å². The number of halogens is 1. The van der Waals surface area contributed by atoms with E-state index in [-0.39, 0.29) is 0 Å². The molecule has 1 N–H and O–H groups in total. The van der Waals surface area contributed by atoms with Crippen molar-refractivity contribution >= 4 is 27.6 Å². The third-order valence-electron chi connectivity index (χ3n) is 2.95. The van der Waals surface area contributed by atoms with Crippen LogP contribution in [0.2, 0.25) is 0 Å². The number of hydrogen-bond acceptors (Lipinski definition) is 3. The van der Waals surface area contributed by atoms with E-state index in [4.69, 9.17) is 10.4 Å². The van der Waals surface area contributed by atoms with Crippen LogP contribution in [0.3, 0.4) is 0 Å². The molecule has 0 amide bonds. The van der Waals surface area contributed by atoms with E-state index in [1.807, 2.05) is 6.07 Å². The predicted molar refractivity (Wildman–Crippen MR) is 66.9 cm³/mol. The summed E-state index contributed by atoms with van der Waals surface area (Å²) >= 11 is 3.31. The summed E-state index contributed by atoms with van der Waals surface area (Å²) in [6.07, 6.45) is 1.47. The van der Waals surface area contributed by atoms with E-state index < -0.39 is 12.0 Å². The third-order valence-corrected chi connectivity index (χ3v) is 3.61. The first-order valence-corrected chi connectivity index (χ1v) is 6.12. The second-order valence-corrected chi connectivity index (χ2v) is 4.79. The maximum absolute atomic E-state index is 11.1. The maximum atomic E-state index is 11.1. The van der Waals surface area contributed by atoms with Gasteiger partial charge in [0.15, 0.2) is 0 Å². The van der Waals surface area contributed by atoms with Gasteiger partial charge in [0.05, 0.1) is 11.3 Å². The molecule has 17 heavy (non-hydrogen) atoms. The van der Waals surface area contributed by atoms with Crippen molar-refractivity contribution in [2.75, 3.05) is 11.4 Å². The Bertz CT molecular complexity index is 496. The van der Waals surface area contributed by atoms with Gasteiger partial charge in [-0.3, -0.25) is 0 Å². The van der Waals surface area contributed by atoms with Gasteiger partial charge >= 0.3 is 5.97 Å². The van der Waals surface area contributed by atoms with Gasteiger partial charge in [0.25, 0.3) is 0 Å². The molecule has 0 radical (unpaired) electrons. The molecule has 1 fully saturated rings. The van der Waals surface area contributed by atoms with Crippen LogP contribution >= 0.6 is 15.9 Å². The first-order chi connectivity index (χ1) is 8.15. The first kappa shape index (κ1) is 11.9. The maximum Gasteiger partial charge on any atom is 0.326 e. The molecule has 2 rings (SSSR count). The van der Waals surface area contributed by atoms with Gasteiger partial charge in [-0.2, -0.15) is 5.26 Å². The van der Waals surface area contributed by atoms with E-state index in [0.29, 0.717) is 28.7 Å². The van der Waals surface area contributed by atoms with E-state index in [1.54, 1.807) is 17.0 Å². The Kier molecular flexibility index (Phi) is 3.34. The first-order valence-electron chi connectivity index (χ1n) is 5.33. The molecule has 0 aliphatic carbocycles. The second kappa shape index (κ2) is 4.76. The number of anilines is 1. The molecule has 5 heteroatoms. The molecule has 1 aliphatic heterocycles. The Morgan fingerprint density at radius 1 is 1.59 bits per heavy atom. The SMILES string of the molecule is N#Cc1c(Br)cccc1N1CCCC1C(=O)O. The van der Waals surface area contributed by atoms with Gasteiger partial charge in [-0.25, -0.2) is 4.79 Å². The molecule has 1 heterocycles. The molecule has 0 spiro atoms. The van der Waals surface area contributed by atoms with E-state index in [2.05, 4.69) is 22.0 Å². The lowest BCUT2D eigenvalue weighted by Gasteiger charge is -2.24. The Hall–Kier alpha value is -1.54. The summed E-state index contributed by atoms with van der Waals surface area (Å²) in [5, 5.41) is 18.3. The zero-order chi connectivity index (χ0) is 12.4. The highest BCUT2D eigenvalue weighted by atomic mass is 79.9. The standard InChI is InChI=1S/C12H11BrN2O2/c13-9-3-1-4-10(8(9)7-14)15-6-2-5-11(15)12(16)17/h1,3-4,11H,2,5-6H2,(H,16,17). The molecule has 0 bridgehead atoms. The number of nitrogens with zero attached hydrogens (tertiary/aromatic N) is 2. The number of benzene rings is 1. The molecule has 0 saturated carbocycles. The Labute approximate surface area is 108 Å². The molecule has 1 aromatic rings. The largest absolute Gasteiger partial charge is 0.480 e. The summed E-state index contributed by atoms with van der Waals surface area (Å²) < 4.78 is 0.702. The van der Waals surface area contributed by atoms with E-state index in [9.17, 15) is 4.79 Å². The van der Waals surface area contributed by atoms with Crippen molar-refractivity contribution in [1.82, 2.24) is 0 Å². The van der Waals surface area contributed by atoms with Crippen molar-refractivity contribution in [1.29, 1.82) is 5.26 Å². The summed E-state index contributed by atoms with van der Waals surface area (Å²) in [7, 11) is 0. The fourth-order valence-electron chi connectivity index (χ4n) is 2.17. The summed E-state index contributed by atoms with van der Waals surface area (Å²) in [6, 6.07) is 7.00. The topological polar surface area (TPSA) is 64.3 Å². The zero-order valence-corrected chi connectivity index (χ0v) is 10.6. The summed E-state index contributed by atoms with van der Waals surface area (Å²) in [5.41, 5.74) is 1.20. The lowest BCUT2D eigenvalue weighted by molar-refractivity contribution is -0.138. The smallest absolute Gasteiger partial charge is 0.326 e. The van der Waals surface area contributed by atoms with Crippen LogP contribution in [0.15, 0.2) is 22.7 Å². The van der Waals surface area contributed by atoms with Crippen LogP contribution in [0, 0.1) is 11.3 Å². The number of nitriles is 1. The molecule has 1 unspecified atom stereocenters. The van der Waals surface area contributed by atoms with Crippen molar-refractivity contribution < 1.29 is 9.90 Å². The molecule has 1 atom stereocenters. The van der Waals surface area contributed by atoms with Gasteiger partial charge in [-0.1, -0.05) is 6.07 Å². The minimum Gasteiger partial charge on any atom is -0.480 e. The second-order valence-electron chi connectivity index (χ2n) is 3.94. The Balaban J connectivity index is 2.44. The van der Waals surface area contributed by atoms with Crippen molar-refractivity contribution in [3.8, 4) is 6.07 Å². The quantitative estimate of drug-likeness (QED) is 0.909. The molecule has 88 valence electrons. The lowest BCUT2D eigenvalue weighted by Crippen LogP contribution is -2.36. The molecular weight excluding hydrogens is 284 g/mol. The Morgan fingerprint density at radius 3 is 3.00 bits per heavy atom. The molecule has 4 nitrogen and oxygen atoms in total. The molecule has 0 aromatic heterocycles. The summed E-state index contributed by atoms with van der Waals surface area (Å²) in [4.78, 5) is 12.9. The number of hydrogen-bond donors (Lipinski definition) is 1. The average Bonchev–Trinajstić information content (AvgIpc) is 2.77. The van der Waals surface area contributed by atoms with Gasteiger partial charge in [-0.15, -0.1) is 0 Å². The highest BCUT2D eigenvalue weighted by Crippen LogP contribution is 2.32. The van der Waals surface area contributed by atoms with Gasteiger partial charge in [-0.05, 0) is 40.9 Å². The van der Waals surface area contributed by atoms with Crippen LogP contribution in [0.4, 0.5) is 5.69 Å². The number of aliphatic carboxylic acids is 1. The van der Waals surface area contributed by atoms with Crippen LogP contribution in [-0.2, 0) is 4.79 Å². The van der Waals surface area contributed by atoms with Gasteiger partial charge < -0.3 is 10.0 Å². The fraction of sp³-hybridized carbons (Fsp3) is 0.333. The van der Waals surface area contributed by atoms with Crippen molar-refractivity contribution in [3.05, 3.63) is 28.2 Å². The fourth-order valence-corrected chi connectivity index (χ4v) is 2.62. The lowest BCUT2D eigenvalue weighted by atomic mass is 10.1. The number of carbonyl (C=O) groups is 1. The van der Waals surface area contributed by atoms with Crippen LogP contribution in [0.5, 0.6) is 0 Å². The average molecular weight is 295 g/mol. The minimum absolute atomic E-state index is 0.501. The van der Waals surface area contributed by atoms with Crippen LogP contribution in [0.25, 0.3) is 0 Å². The van der Waals surface area contributed by atoms with Gasteiger partial charge in [0.2, 0.25) is 0 Å². The van der Waals surface area contributed by atoms with E-state index >= 15 is 0 Å². The number of carboxylic acid groups (broad SMARTS) is 1. The van der Waals surface area contributed by atoms with Crippen molar-refractivity contribution in [2.24, 2.45) is 0 Å². The Morgan fingerprint density at radius 2 is 2.35 bits per heavy atom. The van der Waals surface area contributed by atoms with E-state index in [0.717, 1.165) is 6.42 Å². The molecular formula is C12H11BrN2O2. The molecule has 1 aliphatic rings. The van der Waals surface area contributed by atoms with Crippen molar-refractivity contribution in [2.45, 2.75) is 18.9 Å². The summed E-state index contributed by atoms with van der Waals surface area (Å²) in [5.74, 6) is -0.827. The van der Waals surface area contributed by atoms with Crippen LogP contribution in [-0.4, -0.2) is 23.7 Å². The summed E-state index contributed by atoms with van der Waals surface area (Å²) in [6.45, 7) is 0.683. The third kappa shape index (κ3) is 2.13. The van der Waals surface area contributed by atoms with Crippen LogP contribution < -0.4 is 4.90 Å². The van der Waals surface area contributed by atoms with Crippen molar-refractivity contribution in [3.63, 3.8) is 0 Å². The number of carboxylic acids is 1. The minimum atomic E-state index is -0.827. The van der Waals surface area contributed by atoms with Crippen LogP contribution in [0.1, 0.15) is 18.4 Å². The number of rotatable bonds is 2. The highest BCUT2D eigenvalue weighted by Gasteiger charge is 2.32. The molecule has 1 saturated heterocycles. The highest BCUT2D eigenvalue weighted by molar-refractivity contribution is 9.10. The monoisotopic (exact) mass is 294 g/mol. The van der Waals surface area contributed by atoms with Gasteiger partial charge in [0.1, 0.15) is 12.1 Å².